The summed E-state index contributed by atoms with van der Waals surface area (Å²) in [5.74, 6) is -1.09. The first-order valence-corrected chi connectivity index (χ1v) is 3.20. The molecule has 0 amide bonds. The van der Waals surface area contributed by atoms with Crippen LogP contribution >= 0.6 is 0 Å². The zero-order chi connectivity index (χ0) is 9.56. The van der Waals surface area contributed by atoms with E-state index in [0.29, 0.717) is 0 Å². The third kappa shape index (κ3) is 3.55. The Morgan fingerprint density at radius 2 is 2.00 bits per heavy atom. The van der Waals surface area contributed by atoms with Gasteiger partial charge in [0.25, 0.3) is 0 Å². The molecule has 4 heteroatoms. The van der Waals surface area contributed by atoms with Crippen molar-refractivity contribution in [3.63, 3.8) is 0 Å². The Morgan fingerprint density at radius 3 is 2.33 bits per heavy atom. The molecule has 0 aliphatic carbocycles. The first kappa shape index (κ1) is 10.4. The van der Waals surface area contributed by atoms with Crippen molar-refractivity contribution in [1.82, 2.24) is 0 Å². The molecule has 0 aromatic heterocycles. The van der Waals surface area contributed by atoms with Gasteiger partial charge in [-0.25, -0.2) is 4.79 Å². The van der Waals surface area contributed by atoms with Crippen LogP contribution in [0.4, 0.5) is 0 Å². The maximum atomic E-state index is 10.8. The summed E-state index contributed by atoms with van der Waals surface area (Å²) in [7, 11) is 1.23. The molecular formula is C8H10O4. The number of esters is 2. The lowest BCUT2D eigenvalue weighted by Crippen LogP contribution is -2.04. The van der Waals surface area contributed by atoms with Crippen molar-refractivity contribution in [2.75, 3.05) is 7.11 Å². The normalized spacial score (nSPS) is 10.3. The second-order valence-corrected chi connectivity index (χ2v) is 1.88. The molecule has 0 aromatic carbocycles. The van der Waals surface area contributed by atoms with Crippen LogP contribution in [0.2, 0.25) is 0 Å². The Bertz CT molecular complexity index is 227. The van der Waals surface area contributed by atoms with E-state index in [4.69, 9.17) is 0 Å². The van der Waals surface area contributed by atoms with Gasteiger partial charge in [-0.3, -0.25) is 4.79 Å². The van der Waals surface area contributed by atoms with E-state index < -0.39 is 11.9 Å². The van der Waals surface area contributed by atoms with E-state index in [1.807, 2.05) is 0 Å². The minimum absolute atomic E-state index is 0.104. The van der Waals surface area contributed by atoms with E-state index in [9.17, 15) is 9.59 Å². The van der Waals surface area contributed by atoms with Crippen LogP contribution in [0.1, 0.15) is 6.92 Å². The molecule has 0 aliphatic heterocycles. The molecule has 12 heavy (non-hydrogen) atoms. The van der Waals surface area contributed by atoms with Crippen molar-refractivity contribution in [2.45, 2.75) is 6.92 Å². The molecule has 0 rings (SSSR count). The molecule has 66 valence electrons. The predicted molar refractivity (Wildman–Crippen MR) is 42.1 cm³/mol. The molecule has 0 aromatic rings. The van der Waals surface area contributed by atoms with Gasteiger partial charge in [0.15, 0.2) is 0 Å². The third-order valence-corrected chi connectivity index (χ3v) is 0.993. The monoisotopic (exact) mass is 170 g/mol. The molecule has 4 nitrogen and oxygen atoms in total. The SMILES string of the molecule is C=CC(=COC(C)=O)C(=O)OC. The fraction of sp³-hybridized carbons (Fsp3) is 0.250. The van der Waals surface area contributed by atoms with Gasteiger partial charge in [-0.15, -0.1) is 0 Å². The lowest BCUT2D eigenvalue weighted by Gasteiger charge is -1.98. The summed E-state index contributed by atoms with van der Waals surface area (Å²) in [4.78, 5) is 21.1. The highest BCUT2D eigenvalue weighted by Crippen LogP contribution is 1.98. The van der Waals surface area contributed by atoms with Crippen LogP contribution in [0.15, 0.2) is 24.5 Å². The van der Waals surface area contributed by atoms with Crippen molar-refractivity contribution < 1.29 is 19.1 Å². The van der Waals surface area contributed by atoms with Crippen LogP contribution in [0.3, 0.4) is 0 Å². The largest absolute Gasteiger partial charge is 0.465 e. The van der Waals surface area contributed by atoms with Gasteiger partial charge in [-0.1, -0.05) is 12.7 Å². The average Bonchev–Trinajstić information content (AvgIpc) is 2.04. The Kier molecular flexibility index (Phi) is 4.45. The Labute approximate surface area is 70.5 Å². The van der Waals surface area contributed by atoms with Gasteiger partial charge >= 0.3 is 11.9 Å². The molecule has 0 unspecified atom stereocenters. The third-order valence-electron chi connectivity index (χ3n) is 0.993. The van der Waals surface area contributed by atoms with E-state index >= 15 is 0 Å². The molecule has 0 fully saturated rings. The molecule has 0 radical (unpaired) electrons. The highest BCUT2D eigenvalue weighted by atomic mass is 16.5. The van der Waals surface area contributed by atoms with Gasteiger partial charge in [-0.05, 0) is 0 Å². The number of hydrogen-bond acceptors (Lipinski definition) is 4. The second kappa shape index (κ2) is 5.12. The topological polar surface area (TPSA) is 52.6 Å². The molecule has 0 atom stereocenters. The first-order valence-electron chi connectivity index (χ1n) is 3.20. The fourth-order valence-electron chi connectivity index (χ4n) is 0.444. The van der Waals surface area contributed by atoms with E-state index in [1.165, 1.54) is 20.1 Å². The Balaban J connectivity index is 4.33. The maximum absolute atomic E-state index is 10.8. The van der Waals surface area contributed by atoms with Crippen LogP contribution in [-0.2, 0) is 19.1 Å². The van der Waals surface area contributed by atoms with Gasteiger partial charge in [-0.2, -0.15) is 0 Å². The van der Waals surface area contributed by atoms with Crippen LogP contribution in [0, 0.1) is 0 Å². The highest BCUT2D eigenvalue weighted by Gasteiger charge is 2.05. The van der Waals surface area contributed by atoms with Gasteiger partial charge in [0, 0.05) is 6.92 Å². The minimum atomic E-state index is -0.591. The zero-order valence-electron chi connectivity index (χ0n) is 6.99. The standard InChI is InChI=1S/C8H10O4/c1-4-7(8(10)11-3)5-12-6(2)9/h4-5H,1H2,2-3H3. The van der Waals surface area contributed by atoms with Crippen molar-refractivity contribution in [2.24, 2.45) is 0 Å². The number of hydrogen-bond donors (Lipinski definition) is 0. The quantitative estimate of drug-likeness (QED) is 0.272. The summed E-state index contributed by atoms with van der Waals surface area (Å²) in [5, 5.41) is 0. The van der Waals surface area contributed by atoms with Crippen LogP contribution < -0.4 is 0 Å². The predicted octanol–water partition coefficient (Wildman–Crippen LogP) is 0.792. The van der Waals surface area contributed by atoms with Gasteiger partial charge in [0.2, 0.25) is 0 Å². The molecule has 0 N–H and O–H groups in total. The number of rotatable bonds is 3. The summed E-state index contributed by atoms with van der Waals surface area (Å²) in [6.45, 7) is 4.58. The van der Waals surface area contributed by atoms with Crippen LogP contribution in [-0.4, -0.2) is 19.0 Å². The Morgan fingerprint density at radius 1 is 1.42 bits per heavy atom. The van der Waals surface area contributed by atoms with E-state index in [1.54, 1.807) is 0 Å². The van der Waals surface area contributed by atoms with Gasteiger partial charge in [0.05, 0.1) is 12.7 Å². The van der Waals surface area contributed by atoms with Gasteiger partial charge < -0.3 is 9.47 Å². The smallest absolute Gasteiger partial charge is 0.340 e. The number of carbonyl (C=O) groups excluding carboxylic acids is 2. The number of methoxy groups -OCH3 is 1. The molecular weight excluding hydrogens is 160 g/mol. The van der Waals surface area contributed by atoms with Crippen molar-refractivity contribution in [1.29, 1.82) is 0 Å². The van der Waals surface area contributed by atoms with Crippen LogP contribution in [0.5, 0.6) is 0 Å². The van der Waals surface area contributed by atoms with Crippen molar-refractivity contribution >= 4 is 11.9 Å². The molecule has 0 saturated carbocycles. The van der Waals surface area contributed by atoms with E-state index in [-0.39, 0.29) is 5.57 Å². The van der Waals surface area contributed by atoms with Crippen molar-refractivity contribution in [3.8, 4) is 0 Å². The molecule has 0 aliphatic rings. The summed E-state index contributed by atoms with van der Waals surface area (Å²) in [5.41, 5.74) is 0.104. The first-order chi connectivity index (χ1) is 5.61. The lowest BCUT2D eigenvalue weighted by molar-refractivity contribution is -0.136. The summed E-state index contributed by atoms with van der Waals surface area (Å²) >= 11 is 0. The number of carbonyl (C=O) groups is 2. The van der Waals surface area contributed by atoms with Crippen LogP contribution in [0.25, 0.3) is 0 Å². The highest BCUT2D eigenvalue weighted by molar-refractivity contribution is 5.91. The fourth-order valence-corrected chi connectivity index (χ4v) is 0.444. The van der Waals surface area contributed by atoms with Gasteiger partial charge in [0.1, 0.15) is 6.26 Å². The summed E-state index contributed by atoms with van der Waals surface area (Å²) in [6.07, 6.45) is 2.25. The summed E-state index contributed by atoms with van der Waals surface area (Å²) in [6, 6.07) is 0. The number of ether oxygens (including phenoxy) is 2. The molecule has 0 saturated heterocycles. The lowest BCUT2D eigenvalue weighted by atomic mass is 10.3. The van der Waals surface area contributed by atoms with E-state index in [0.717, 1.165) is 6.26 Å². The zero-order valence-corrected chi connectivity index (χ0v) is 6.99. The second-order valence-electron chi connectivity index (χ2n) is 1.88. The molecule has 0 spiro atoms. The Hall–Kier alpha value is -1.58. The summed E-state index contributed by atoms with van der Waals surface area (Å²) < 4.78 is 8.81. The molecule has 0 heterocycles. The average molecular weight is 170 g/mol. The van der Waals surface area contributed by atoms with Crippen molar-refractivity contribution in [3.05, 3.63) is 24.5 Å². The molecule has 0 bridgehead atoms. The van der Waals surface area contributed by atoms with E-state index in [2.05, 4.69) is 16.1 Å². The maximum Gasteiger partial charge on any atom is 0.340 e. The minimum Gasteiger partial charge on any atom is -0.465 e.